The number of nitrogens with zero attached hydrogens (tertiary/aromatic N) is 1. The largest absolute Gasteiger partial charge is 0.497 e. The molecule has 16 heavy (non-hydrogen) atoms. The highest BCUT2D eigenvalue weighted by molar-refractivity contribution is 5.91. The van der Waals surface area contributed by atoms with Crippen LogP contribution in [0.2, 0.25) is 0 Å². The molecular formula is C12H14FNO2. The lowest BCUT2D eigenvalue weighted by atomic mass is 10.2. The molecule has 0 atom stereocenters. The summed E-state index contributed by atoms with van der Waals surface area (Å²) in [6.45, 7) is 0. The highest BCUT2D eigenvalue weighted by atomic mass is 19.1. The third-order valence-corrected chi connectivity index (χ3v) is 2.05. The van der Waals surface area contributed by atoms with E-state index in [2.05, 4.69) is 0 Å². The van der Waals surface area contributed by atoms with Crippen molar-refractivity contribution < 1.29 is 13.9 Å². The molecule has 0 radical (unpaired) electrons. The van der Waals surface area contributed by atoms with E-state index in [4.69, 9.17) is 4.74 Å². The minimum atomic E-state index is -0.415. The summed E-state index contributed by atoms with van der Waals surface area (Å²) in [7, 11) is 4.74. The number of halogens is 1. The molecule has 0 spiro atoms. The normalized spacial score (nSPS) is 10.5. The van der Waals surface area contributed by atoms with Crippen LogP contribution >= 0.6 is 0 Å². The molecule has 0 bridgehead atoms. The number of hydrogen-bond donors (Lipinski definition) is 0. The van der Waals surface area contributed by atoms with E-state index < -0.39 is 5.82 Å². The van der Waals surface area contributed by atoms with E-state index >= 15 is 0 Å². The fourth-order valence-corrected chi connectivity index (χ4v) is 1.08. The monoisotopic (exact) mass is 223 g/mol. The number of carbonyl (C=O) groups excluding carboxylic acids is 1. The van der Waals surface area contributed by atoms with Crippen LogP contribution < -0.4 is 4.74 Å². The zero-order valence-electron chi connectivity index (χ0n) is 9.53. The van der Waals surface area contributed by atoms with Crippen molar-refractivity contribution >= 4 is 12.0 Å². The third-order valence-electron chi connectivity index (χ3n) is 2.05. The molecule has 0 unspecified atom stereocenters. The summed E-state index contributed by atoms with van der Waals surface area (Å²) in [5.41, 5.74) is 0.357. The Morgan fingerprint density at radius 3 is 2.62 bits per heavy atom. The summed E-state index contributed by atoms with van der Waals surface area (Å²) >= 11 is 0. The first-order chi connectivity index (χ1) is 7.54. The Hall–Kier alpha value is -1.84. The minimum Gasteiger partial charge on any atom is -0.497 e. The van der Waals surface area contributed by atoms with Gasteiger partial charge in [-0.3, -0.25) is 4.79 Å². The Morgan fingerprint density at radius 2 is 2.12 bits per heavy atom. The van der Waals surface area contributed by atoms with Crippen LogP contribution in [0, 0.1) is 5.82 Å². The van der Waals surface area contributed by atoms with E-state index in [9.17, 15) is 9.18 Å². The topological polar surface area (TPSA) is 29.5 Å². The second kappa shape index (κ2) is 5.30. The van der Waals surface area contributed by atoms with Crippen LogP contribution in [0.1, 0.15) is 5.56 Å². The van der Waals surface area contributed by atoms with Crippen LogP contribution in [0.15, 0.2) is 24.3 Å². The van der Waals surface area contributed by atoms with Crippen molar-refractivity contribution in [2.75, 3.05) is 21.2 Å². The van der Waals surface area contributed by atoms with E-state index in [0.29, 0.717) is 11.3 Å². The maximum Gasteiger partial charge on any atom is 0.246 e. The van der Waals surface area contributed by atoms with Crippen molar-refractivity contribution in [3.63, 3.8) is 0 Å². The molecular weight excluding hydrogens is 209 g/mol. The molecule has 3 nitrogen and oxygen atoms in total. The highest BCUT2D eigenvalue weighted by Crippen LogP contribution is 2.17. The number of methoxy groups -OCH3 is 1. The van der Waals surface area contributed by atoms with Gasteiger partial charge >= 0.3 is 0 Å². The second-order valence-electron chi connectivity index (χ2n) is 3.45. The number of rotatable bonds is 3. The van der Waals surface area contributed by atoms with Gasteiger partial charge in [-0.15, -0.1) is 0 Å². The van der Waals surface area contributed by atoms with Gasteiger partial charge < -0.3 is 9.64 Å². The molecule has 1 aromatic rings. The molecule has 1 rings (SSSR count). The molecule has 1 amide bonds. The number of ether oxygens (including phenoxy) is 1. The van der Waals surface area contributed by atoms with Crippen molar-refractivity contribution in [3.8, 4) is 5.75 Å². The van der Waals surface area contributed by atoms with Gasteiger partial charge in [-0.25, -0.2) is 4.39 Å². The lowest BCUT2D eigenvalue weighted by Crippen LogP contribution is -2.18. The SMILES string of the molecule is COc1ccc(C=CC(=O)N(C)C)c(F)c1. The maximum absolute atomic E-state index is 13.4. The van der Waals surface area contributed by atoms with Crippen LogP contribution in [-0.4, -0.2) is 32.0 Å². The summed E-state index contributed by atoms with van der Waals surface area (Å²) in [5.74, 6) is -0.147. The van der Waals surface area contributed by atoms with Crippen LogP contribution in [-0.2, 0) is 4.79 Å². The zero-order chi connectivity index (χ0) is 12.1. The van der Waals surface area contributed by atoms with Gasteiger partial charge in [-0.2, -0.15) is 0 Å². The molecule has 0 saturated heterocycles. The van der Waals surface area contributed by atoms with Crippen LogP contribution in [0.4, 0.5) is 4.39 Å². The number of benzene rings is 1. The number of hydrogen-bond acceptors (Lipinski definition) is 2. The molecule has 0 aliphatic rings. The second-order valence-corrected chi connectivity index (χ2v) is 3.45. The summed E-state index contributed by atoms with van der Waals surface area (Å²) < 4.78 is 18.3. The fourth-order valence-electron chi connectivity index (χ4n) is 1.08. The Morgan fingerprint density at radius 1 is 1.44 bits per heavy atom. The maximum atomic E-state index is 13.4. The summed E-state index contributed by atoms with van der Waals surface area (Å²) in [4.78, 5) is 12.7. The molecule has 1 aromatic carbocycles. The molecule has 0 aliphatic carbocycles. The summed E-state index contributed by atoms with van der Waals surface area (Å²) in [6, 6.07) is 4.48. The molecule has 0 saturated carbocycles. The smallest absolute Gasteiger partial charge is 0.246 e. The van der Waals surface area contributed by atoms with Gasteiger partial charge in [0.15, 0.2) is 0 Å². The Balaban J connectivity index is 2.86. The van der Waals surface area contributed by atoms with E-state index in [-0.39, 0.29) is 5.91 Å². The van der Waals surface area contributed by atoms with E-state index in [0.717, 1.165) is 0 Å². The van der Waals surface area contributed by atoms with Crippen molar-refractivity contribution in [1.29, 1.82) is 0 Å². The molecule has 0 fully saturated rings. The predicted octanol–water partition coefficient (Wildman–Crippen LogP) is 1.94. The molecule has 86 valence electrons. The van der Waals surface area contributed by atoms with Gasteiger partial charge in [-0.1, -0.05) is 0 Å². The Labute approximate surface area is 94.1 Å². The Kier molecular flexibility index (Phi) is 4.05. The van der Waals surface area contributed by atoms with E-state index in [1.165, 1.54) is 30.2 Å². The van der Waals surface area contributed by atoms with Crippen LogP contribution in [0.25, 0.3) is 6.08 Å². The lowest BCUT2D eigenvalue weighted by Gasteiger charge is -2.05. The first kappa shape index (κ1) is 12.2. The molecule has 0 heterocycles. The fraction of sp³-hybridized carbons (Fsp3) is 0.250. The van der Waals surface area contributed by atoms with E-state index in [1.807, 2.05) is 0 Å². The van der Waals surface area contributed by atoms with Crippen LogP contribution in [0.5, 0.6) is 5.75 Å². The lowest BCUT2D eigenvalue weighted by molar-refractivity contribution is -0.123. The number of likely N-dealkylation sites (N-methyl/N-ethyl adjacent to an activating group) is 1. The van der Waals surface area contributed by atoms with Gasteiger partial charge in [0.25, 0.3) is 0 Å². The first-order valence-electron chi connectivity index (χ1n) is 4.77. The van der Waals surface area contributed by atoms with Gasteiger partial charge in [0, 0.05) is 31.8 Å². The summed E-state index contributed by atoms with van der Waals surface area (Å²) in [6.07, 6.45) is 2.77. The molecule has 4 heteroatoms. The van der Waals surface area contributed by atoms with Crippen molar-refractivity contribution in [2.24, 2.45) is 0 Å². The van der Waals surface area contributed by atoms with E-state index in [1.54, 1.807) is 26.2 Å². The van der Waals surface area contributed by atoms with Crippen molar-refractivity contribution in [3.05, 3.63) is 35.7 Å². The van der Waals surface area contributed by atoms with Crippen LogP contribution in [0.3, 0.4) is 0 Å². The predicted molar refractivity (Wildman–Crippen MR) is 60.7 cm³/mol. The average Bonchev–Trinajstić information content (AvgIpc) is 2.26. The average molecular weight is 223 g/mol. The first-order valence-corrected chi connectivity index (χ1v) is 4.77. The van der Waals surface area contributed by atoms with Crippen molar-refractivity contribution in [1.82, 2.24) is 4.90 Å². The standard InChI is InChI=1S/C12H14FNO2/c1-14(2)12(15)7-5-9-4-6-10(16-3)8-11(9)13/h4-8H,1-3H3. The minimum absolute atomic E-state index is 0.185. The molecule has 0 aliphatic heterocycles. The molecule has 0 aromatic heterocycles. The molecule has 0 N–H and O–H groups in total. The van der Waals surface area contributed by atoms with Crippen molar-refractivity contribution in [2.45, 2.75) is 0 Å². The zero-order valence-corrected chi connectivity index (χ0v) is 9.53. The summed E-state index contributed by atoms with van der Waals surface area (Å²) in [5, 5.41) is 0. The quantitative estimate of drug-likeness (QED) is 0.733. The van der Waals surface area contributed by atoms with Gasteiger partial charge in [0.05, 0.1) is 7.11 Å². The van der Waals surface area contributed by atoms with Gasteiger partial charge in [0.2, 0.25) is 5.91 Å². The van der Waals surface area contributed by atoms with Gasteiger partial charge in [-0.05, 0) is 18.2 Å². The third kappa shape index (κ3) is 3.08. The highest BCUT2D eigenvalue weighted by Gasteiger charge is 2.02. The van der Waals surface area contributed by atoms with Gasteiger partial charge in [0.1, 0.15) is 11.6 Å². The number of amides is 1. The number of carbonyl (C=O) groups is 1. The Bertz CT molecular complexity index is 413.